The van der Waals surface area contributed by atoms with E-state index in [1.807, 2.05) is 0 Å². The van der Waals surface area contributed by atoms with Gasteiger partial charge in [-0.2, -0.15) is 0 Å². The summed E-state index contributed by atoms with van der Waals surface area (Å²) in [5.41, 5.74) is 1.42. The Morgan fingerprint density at radius 2 is 2.14 bits per heavy atom. The highest BCUT2D eigenvalue weighted by atomic mass is 35.5. The second kappa shape index (κ2) is 6.39. The highest BCUT2D eigenvalue weighted by Gasteiger charge is 2.21. The Balaban J connectivity index is 1.90. The van der Waals surface area contributed by atoms with Crippen LogP contribution in [0, 0.1) is 5.92 Å². The van der Waals surface area contributed by atoms with Crippen LogP contribution in [-0.2, 0) is 6.54 Å². The summed E-state index contributed by atoms with van der Waals surface area (Å²) in [4.78, 5) is 19.3. The smallest absolute Gasteiger partial charge is 0.258 e. The van der Waals surface area contributed by atoms with Crippen LogP contribution in [0.3, 0.4) is 0 Å². The second-order valence-corrected chi connectivity index (χ2v) is 6.91. The average Bonchev–Trinajstić information content (AvgIpc) is 2.62. The van der Waals surface area contributed by atoms with Gasteiger partial charge in [0.15, 0.2) is 0 Å². The van der Waals surface area contributed by atoms with Crippen molar-refractivity contribution in [3.63, 3.8) is 0 Å². The number of rotatable bonds is 2. The van der Waals surface area contributed by atoms with Crippen LogP contribution in [0.4, 0.5) is 0 Å². The SMILES string of the molecule is C[C@@H]1CCC[C@H](C)N(Cc2cc(=O)n3cc(Cl)ccc3n2)C1. The van der Waals surface area contributed by atoms with Crippen LogP contribution >= 0.6 is 11.6 Å². The van der Waals surface area contributed by atoms with E-state index < -0.39 is 0 Å². The molecule has 2 atom stereocenters. The van der Waals surface area contributed by atoms with Crippen LogP contribution < -0.4 is 5.56 Å². The number of halogens is 1. The summed E-state index contributed by atoms with van der Waals surface area (Å²) in [6.45, 7) is 6.38. The molecule has 2 aromatic heterocycles. The molecule has 0 N–H and O–H groups in total. The fraction of sp³-hybridized carbons (Fsp3) is 0.529. The maximum absolute atomic E-state index is 12.3. The van der Waals surface area contributed by atoms with Gasteiger partial charge in [0.05, 0.1) is 10.7 Å². The Hall–Kier alpha value is -1.39. The molecule has 2 aromatic rings. The van der Waals surface area contributed by atoms with Crippen LogP contribution in [0.2, 0.25) is 5.02 Å². The first kappa shape index (κ1) is 15.5. The normalized spacial score (nSPS) is 23.6. The zero-order valence-electron chi connectivity index (χ0n) is 13.1. The van der Waals surface area contributed by atoms with Crippen LogP contribution in [0.5, 0.6) is 0 Å². The minimum Gasteiger partial charge on any atom is -0.295 e. The molecule has 4 nitrogen and oxygen atoms in total. The van der Waals surface area contributed by atoms with Crippen molar-refractivity contribution < 1.29 is 0 Å². The van der Waals surface area contributed by atoms with Crippen molar-refractivity contribution in [2.24, 2.45) is 5.92 Å². The molecule has 118 valence electrons. The zero-order valence-corrected chi connectivity index (χ0v) is 13.9. The van der Waals surface area contributed by atoms with Gasteiger partial charge in [-0.3, -0.25) is 14.1 Å². The van der Waals surface area contributed by atoms with E-state index >= 15 is 0 Å². The molecule has 0 bridgehead atoms. The fourth-order valence-corrected chi connectivity index (χ4v) is 3.41. The van der Waals surface area contributed by atoms with Gasteiger partial charge in [0.1, 0.15) is 5.65 Å². The van der Waals surface area contributed by atoms with E-state index in [9.17, 15) is 4.79 Å². The third-order valence-corrected chi connectivity index (χ3v) is 4.75. The van der Waals surface area contributed by atoms with Gasteiger partial charge in [-0.1, -0.05) is 24.9 Å². The van der Waals surface area contributed by atoms with Gasteiger partial charge >= 0.3 is 0 Å². The maximum Gasteiger partial charge on any atom is 0.258 e. The first-order valence-electron chi connectivity index (χ1n) is 7.95. The van der Waals surface area contributed by atoms with Crippen LogP contribution in [0.25, 0.3) is 5.65 Å². The molecule has 0 aliphatic carbocycles. The molecule has 22 heavy (non-hydrogen) atoms. The van der Waals surface area contributed by atoms with Crippen molar-refractivity contribution in [2.45, 2.75) is 45.7 Å². The molecule has 1 aliphatic heterocycles. The van der Waals surface area contributed by atoms with Gasteiger partial charge in [-0.15, -0.1) is 0 Å². The molecule has 0 unspecified atom stereocenters. The summed E-state index contributed by atoms with van der Waals surface area (Å²) in [6.07, 6.45) is 5.40. The Labute approximate surface area is 135 Å². The van der Waals surface area contributed by atoms with Crippen molar-refractivity contribution >= 4 is 17.2 Å². The van der Waals surface area contributed by atoms with Crippen LogP contribution in [0.1, 0.15) is 38.8 Å². The van der Waals surface area contributed by atoms with E-state index in [0.29, 0.717) is 22.6 Å². The number of likely N-dealkylation sites (tertiary alicyclic amines) is 1. The van der Waals surface area contributed by atoms with Crippen molar-refractivity contribution in [1.82, 2.24) is 14.3 Å². The lowest BCUT2D eigenvalue weighted by molar-refractivity contribution is 0.184. The third-order valence-electron chi connectivity index (χ3n) is 4.53. The second-order valence-electron chi connectivity index (χ2n) is 6.48. The topological polar surface area (TPSA) is 37.6 Å². The number of fused-ring (bicyclic) bond motifs is 1. The van der Waals surface area contributed by atoms with Crippen LogP contribution in [0.15, 0.2) is 29.2 Å². The Kier molecular flexibility index (Phi) is 4.50. The highest BCUT2D eigenvalue weighted by Crippen LogP contribution is 2.22. The van der Waals surface area contributed by atoms with E-state index in [2.05, 4.69) is 23.7 Å². The number of pyridine rings is 1. The molecule has 0 saturated carbocycles. The lowest BCUT2D eigenvalue weighted by atomic mass is 10.1. The molecule has 1 aliphatic rings. The summed E-state index contributed by atoms with van der Waals surface area (Å²) >= 11 is 5.94. The molecular weight excluding hydrogens is 298 g/mol. The predicted molar refractivity (Wildman–Crippen MR) is 89.4 cm³/mol. The summed E-state index contributed by atoms with van der Waals surface area (Å²) in [7, 11) is 0. The van der Waals surface area contributed by atoms with E-state index in [0.717, 1.165) is 18.8 Å². The van der Waals surface area contributed by atoms with Crippen molar-refractivity contribution in [3.05, 3.63) is 45.5 Å². The summed E-state index contributed by atoms with van der Waals surface area (Å²) < 4.78 is 1.50. The molecule has 1 fully saturated rings. The van der Waals surface area contributed by atoms with Crippen molar-refractivity contribution in [1.29, 1.82) is 0 Å². The monoisotopic (exact) mass is 319 g/mol. The molecule has 0 aromatic carbocycles. The number of nitrogens with zero attached hydrogens (tertiary/aromatic N) is 3. The summed E-state index contributed by atoms with van der Waals surface area (Å²) in [5, 5.41) is 0.541. The average molecular weight is 320 g/mol. The summed E-state index contributed by atoms with van der Waals surface area (Å²) in [6, 6.07) is 5.73. The Bertz CT molecular complexity index is 727. The number of aromatic nitrogens is 2. The van der Waals surface area contributed by atoms with Crippen LogP contribution in [-0.4, -0.2) is 26.9 Å². The highest BCUT2D eigenvalue weighted by molar-refractivity contribution is 6.30. The van der Waals surface area contributed by atoms with Gasteiger partial charge in [-0.05, 0) is 37.8 Å². The first-order valence-corrected chi connectivity index (χ1v) is 8.32. The van der Waals surface area contributed by atoms with Gasteiger partial charge in [-0.25, -0.2) is 4.98 Å². The lowest BCUT2D eigenvalue weighted by Crippen LogP contribution is -2.34. The van der Waals surface area contributed by atoms with Gasteiger partial charge in [0, 0.05) is 31.4 Å². The van der Waals surface area contributed by atoms with E-state index in [1.54, 1.807) is 24.4 Å². The minimum atomic E-state index is -0.0713. The number of hydrogen-bond donors (Lipinski definition) is 0. The van der Waals surface area contributed by atoms with Gasteiger partial charge in [0.25, 0.3) is 5.56 Å². The molecule has 5 heteroatoms. The summed E-state index contributed by atoms with van der Waals surface area (Å²) in [5.74, 6) is 0.699. The van der Waals surface area contributed by atoms with Crippen molar-refractivity contribution in [3.8, 4) is 0 Å². The minimum absolute atomic E-state index is 0.0713. The maximum atomic E-state index is 12.3. The largest absolute Gasteiger partial charge is 0.295 e. The predicted octanol–water partition coefficient (Wildman–Crippen LogP) is 3.36. The van der Waals surface area contributed by atoms with Crippen molar-refractivity contribution in [2.75, 3.05) is 6.54 Å². The Morgan fingerprint density at radius 1 is 1.32 bits per heavy atom. The number of hydrogen-bond acceptors (Lipinski definition) is 3. The third kappa shape index (κ3) is 3.33. The first-order chi connectivity index (χ1) is 10.5. The van der Waals surface area contributed by atoms with E-state index in [1.165, 1.54) is 23.7 Å². The quantitative estimate of drug-likeness (QED) is 0.852. The molecule has 0 radical (unpaired) electrons. The standard InChI is InChI=1S/C17H22ClN3O/c1-12-4-3-5-13(2)20(9-12)11-15-8-17(22)21-10-14(18)6-7-16(21)19-15/h6-8,10,12-13H,3-5,9,11H2,1-2H3/t12-,13+/m1/s1. The molecule has 0 amide bonds. The fourth-order valence-electron chi connectivity index (χ4n) is 3.25. The zero-order chi connectivity index (χ0) is 15.7. The van der Waals surface area contributed by atoms with Gasteiger partial charge < -0.3 is 0 Å². The molecule has 3 rings (SSSR count). The molecule has 0 spiro atoms. The van der Waals surface area contributed by atoms with Gasteiger partial charge in [0.2, 0.25) is 0 Å². The Morgan fingerprint density at radius 3 is 2.95 bits per heavy atom. The molecule has 1 saturated heterocycles. The molecule has 3 heterocycles. The molecular formula is C17H22ClN3O. The lowest BCUT2D eigenvalue weighted by Gasteiger charge is -2.28. The van der Waals surface area contributed by atoms with E-state index in [-0.39, 0.29) is 5.56 Å². The van der Waals surface area contributed by atoms with E-state index in [4.69, 9.17) is 11.6 Å².